The Labute approximate surface area is 110 Å². The number of rotatable bonds is 3. The van der Waals surface area contributed by atoms with Gasteiger partial charge in [-0.25, -0.2) is 14.5 Å². The Balaban J connectivity index is 2.27. The zero-order valence-electron chi connectivity index (χ0n) is 10.2. The molecular formula is C13H14N4S. The van der Waals surface area contributed by atoms with Crippen molar-refractivity contribution >= 4 is 28.8 Å². The standard InChI is InChI=1S/C13H14N4S/c1-2-3-8-11-15-12-9-6-4-5-7-10(9)14-13(18)17(12)16-11/h4-7H,2-3,8H2,1H3,(H,15,16). The molecule has 0 radical (unpaired) electrons. The van der Waals surface area contributed by atoms with Gasteiger partial charge in [0.2, 0.25) is 4.77 Å². The fourth-order valence-electron chi connectivity index (χ4n) is 2.07. The molecule has 0 saturated carbocycles. The fourth-order valence-corrected chi connectivity index (χ4v) is 2.30. The molecule has 0 fully saturated rings. The predicted molar refractivity (Wildman–Crippen MR) is 74.3 cm³/mol. The van der Waals surface area contributed by atoms with Crippen LogP contribution in [0.25, 0.3) is 16.6 Å². The van der Waals surface area contributed by atoms with Gasteiger partial charge in [0.15, 0.2) is 5.65 Å². The SMILES string of the molecule is CCCCc1nc2c3ccccc3nc(=S)n2[nH]1. The monoisotopic (exact) mass is 258 g/mol. The number of aromatic nitrogens is 4. The highest BCUT2D eigenvalue weighted by Gasteiger charge is 2.07. The second-order valence-corrected chi connectivity index (χ2v) is 4.71. The summed E-state index contributed by atoms with van der Waals surface area (Å²) in [7, 11) is 0. The molecule has 2 aromatic heterocycles. The van der Waals surface area contributed by atoms with E-state index in [2.05, 4.69) is 22.0 Å². The van der Waals surface area contributed by atoms with Crippen molar-refractivity contribution in [3.05, 3.63) is 34.9 Å². The van der Waals surface area contributed by atoms with Crippen LogP contribution in [0.5, 0.6) is 0 Å². The fraction of sp³-hybridized carbons (Fsp3) is 0.308. The molecule has 4 nitrogen and oxygen atoms in total. The molecule has 0 aliphatic carbocycles. The van der Waals surface area contributed by atoms with Crippen LogP contribution in [0.2, 0.25) is 0 Å². The lowest BCUT2D eigenvalue weighted by molar-refractivity contribution is 0.744. The molecule has 0 spiro atoms. The van der Waals surface area contributed by atoms with Crippen molar-refractivity contribution in [2.24, 2.45) is 0 Å². The number of hydrogen-bond acceptors (Lipinski definition) is 3. The second-order valence-electron chi connectivity index (χ2n) is 4.34. The van der Waals surface area contributed by atoms with Crippen LogP contribution in [0.4, 0.5) is 0 Å². The molecule has 0 aliphatic rings. The average Bonchev–Trinajstić information content (AvgIpc) is 2.81. The Morgan fingerprint density at radius 1 is 1.28 bits per heavy atom. The third-order valence-electron chi connectivity index (χ3n) is 3.01. The summed E-state index contributed by atoms with van der Waals surface area (Å²) in [5, 5.41) is 4.26. The highest BCUT2D eigenvalue weighted by Crippen LogP contribution is 2.17. The largest absolute Gasteiger partial charge is 0.277 e. The number of hydrogen-bond donors (Lipinski definition) is 1. The molecule has 0 saturated heterocycles. The quantitative estimate of drug-likeness (QED) is 0.733. The van der Waals surface area contributed by atoms with Gasteiger partial charge in [-0.05, 0) is 30.8 Å². The van der Waals surface area contributed by atoms with Crippen LogP contribution >= 0.6 is 12.2 Å². The normalized spacial score (nSPS) is 11.4. The molecule has 1 aromatic carbocycles. The predicted octanol–water partition coefficient (Wildman–Crippen LogP) is 3.28. The van der Waals surface area contributed by atoms with Gasteiger partial charge in [-0.1, -0.05) is 25.5 Å². The van der Waals surface area contributed by atoms with E-state index in [1.54, 1.807) is 4.52 Å². The van der Waals surface area contributed by atoms with Crippen LogP contribution in [0.1, 0.15) is 25.6 Å². The first-order chi connectivity index (χ1) is 8.79. The van der Waals surface area contributed by atoms with Crippen molar-refractivity contribution in [1.29, 1.82) is 0 Å². The lowest BCUT2D eigenvalue weighted by atomic mass is 10.2. The zero-order chi connectivity index (χ0) is 12.5. The average molecular weight is 258 g/mol. The van der Waals surface area contributed by atoms with Crippen molar-refractivity contribution in [1.82, 2.24) is 19.6 Å². The van der Waals surface area contributed by atoms with E-state index in [0.29, 0.717) is 4.77 Å². The summed E-state index contributed by atoms with van der Waals surface area (Å²) >= 11 is 5.29. The highest BCUT2D eigenvalue weighted by atomic mass is 32.1. The number of nitrogens with zero attached hydrogens (tertiary/aromatic N) is 3. The van der Waals surface area contributed by atoms with Gasteiger partial charge in [-0.15, -0.1) is 0 Å². The molecule has 3 aromatic rings. The molecule has 92 valence electrons. The van der Waals surface area contributed by atoms with Gasteiger partial charge in [-0.2, -0.15) is 0 Å². The van der Waals surface area contributed by atoms with Gasteiger partial charge < -0.3 is 0 Å². The maximum absolute atomic E-state index is 5.29. The number of aromatic amines is 1. The third kappa shape index (κ3) is 1.80. The summed E-state index contributed by atoms with van der Waals surface area (Å²) in [6.07, 6.45) is 3.22. The van der Waals surface area contributed by atoms with Gasteiger partial charge in [0.25, 0.3) is 0 Å². The van der Waals surface area contributed by atoms with Gasteiger partial charge in [0.05, 0.1) is 5.52 Å². The van der Waals surface area contributed by atoms with Gasteiger partial charge >= 0.3 is 0 Å². The third-order valence-corrected chi connectivity index (χ3v) is 3.29. The van der Waals surface area contributed by atoms with Crippen LogP contribution in [0.3, 0.4) is 0 Å². The number of benzene rings is 1. The molecule has 0 unspecified atom stereocenters. The summed E-state index contributed by atoms with van der Waals surface area (Å²) in [5.41, 5.74) is 1.77. The first kappa shape index (κ1) is 11.3. The number of unbranched alkanes of at least 4 members (excludes halogenated alkanes) is 1. The zero-order valence-corrected chi connectivity index (χ0v) is 11.0. The van der Waals surface area contributed by atoms with E-state index in [9.17, 15) is 0 Å². The molecule has 3 rings (SSSR count). The first-order valence-corrected chi connectivity index (χ1v) is 6.57. The van der Waals surface area contributed by atoms with Crippen molar-refractivity contribution in [2.75, 3.05) is 0 Å². The molecular weight excluding hydrogens is 244 g/mol. The smallest absolute Gasteiger partial charge is 0.221 e. The lowest BCUT2D eigenvalue weighted by Gasteiger charge is -1.98. The Bertz CT molecular complexity index is 756. The minimum absolute atomic E-state index is 0.527. The minimum Gasteiger partial charge on any atom is -0.277 e. The second kappa shape index (κ2) is 4.49. The summed E-state index contributed by atoms with van der Waals surface area (Å²) in [6, 6.07) is 7.95. The number of aryl methyl sites for hydroxylation is 1. The topological polar surface area (TPSA) is 46.0 Å². The van der Waals surface area contributed by atoms with E-state index in [1.165, 1.54) is 0 Å². The number of nitrogens with one attached hydrogen (secondary N) is 1. The maximum Gasteiger partial charge on any atom is 0.221 e. The van der Waals surface area contributed by atoms with Crippen molar-refractivity contribution in [3.63, 3.8) is 0 Å². The number of para-hydroxylation sites is 1. The molecule has 0 aliphatic heterocycles. The Morgan fingerprint density at radius 2 is 2.11 bits per heavy atom. The maximum atomic E-state index is 5.29. The summed E-state index contributed by atoms with van der Waals surface area (Å²) < 4.78 is 2.32. The molecule has 0 amide bonds. The van der Waals surface area contributed by atoms with Crippen LogP contribution < -0.4 is 0 Å². The van der Waals surface area contributed by atoms with E-state index < -0.39 is 0 Å². The van der Waals surface area contributed by atoms with Crippen molar-refractivity contribution in [2.45, 2.75) is 26.2 Å². The van der Waals surface area contributed by atoms with Crippen molar-refractivity contribution < 1.29 is 0 Å². The molecule has 0 bridgehead atoms. The Hall–Kier alpha value is -1.75. The summed E-state index contributed by atoms with van der Waals surface area (Å²) in [6.45, 7) is 2.17. The van der Waals surface area contributed by atoms with Crippen LogP contribution in [-0.2, 0) is 6.42 Å². The summed E-state index contributed by atoms with van der Waals surface area (Å²) in [5.74, 6) is 0.973. The summed E-state index contributed by atoms with van der Waals surface area (Å²) in [4.78, 5) is 9.04. The van der Waals surface area contributed by atoms with Crippen LogP contribution in [-0.4, -0.2) is 19.6 Å². The van der Waals surface area contributed by atoms with Gasteiger partial charge in [0, 0.05) is 11.8 Å². The van der Waals surface area contributed by atoms with E-state index in [0.717, 1.165) is 41.6 Å². The van der Waals surface area contributed by atoms with E-state index in [4.69, 9.17) is 12.2 Å². The van der Waals surface area contributed by atoms with Crippen molar-refractivity contribution in [3.8, 4) is 0 Å². The minimum atomic E-state index is 0.527. The number of H-pyrrole nitrogens is 1. The molecule has 1 N–H and O–H groups in total. The Kier molecular flexibility index (Phi) is 2.83. The van der Waals surface area contributed by atoms with Gasteiger partial charge in [0.1, 0.15) is 5.82 Å². The molecule has 0 atom stereocenters. The van der Waals surface area contributed by atoms with Crippen LogP contribution in [0, 0.1) is 4.77 Å². The van der Waals surface area contributed by atoms with Gasteiger partial charge in [-0.3, -0.25) is 5.10 Å². The van der Waals surface area contributed by atoms with E-state index in [-0.39, 0.29) is 0 Å². The molecule has 2 heterocycles. The van der Waals surface area contributed by atoms with Crippen LogP contribution in [0.15, 0.2) is 24.3 Å². The Morgan fingerprint density at radius 3 is 2.94 bits per heavy atom. The molecule has 5 heteroatoms. The first-order valence-electron chi connectivity index (χ1n) is 6.16. The van der Waals surface area contributed by atoms with E-state index >= 15 is 0 Å². The van der Waals surface area contributed by atoms with E-state index in [1.807, 2.05) is 24.3 Å². The molecule has 18 heavy (non-hydrogen) atoms. The lowest BCUT2D eigenvalue weighted by Crippen LogP contribution is -1.94. The highest BCUT2D eigenvalue weighted by molar-refractivity contribution is 7.71. The number of fused-ring (bicyclic) bond motifs is 3.